The van der Waals surface area contributed by atoms with Crippen molar-refractivity contribution < 1.29 is 9.53 Å². The molecule has 0 radical (unpaired) electrons. The minimum absolute atomic E-state index is 0.0937. The molecule has 1 rings (SSSR count). The molecule has 0 atom stereocenters. The monoisotopic (exact) mass is 227 g/mol. The molecule has 0 amide bonds. The quantitative estimate of drug-likeness (QED) is 0.517. The van der Waals surface area contributed by atoms with E-state index in [2.05, 4.69) is 6.07 Å². The Labute approximate surface area is 95.2 Å². The first-order chi connectivity index (χ1) is 7.33. The first-order valence-corrected chi connectivity index (χ1v) is 6.62. The van der Waals surface area contributed by atoms with Crippen molar-refractivity contribution >= 4 is 17.7 Å². The molecule has 4 heteroatoms. The van der Waals surface area contributed by atoms with E-state index in [1.54, 1.807) is 11.8 Å². The normalized spacial score (nSPS) is 16.2. The molecule has 0 aliphatic heterocycles. The average Bonchev–Trinajstić information content (AvgIpc) is 2.70. The van der Waals surface area contributed by atoms with Gasteiger partial charge in [0.2, 0.25) is 0 Å². The van der Waals surface area contributed by atoms with Crippen molar-refractivity contribution in [2.75, 3.05) is 11.5 Å². The fourth-order valence-corrected chi connectivity index (χ4v) is 2.36. The maximum Gasteiger partial charge on any atom is 0.316 e. The van der Waals surface area contributed by atoms with E-state index in [1.165, 1.54) is 12.8 Å². The van der Waals surface area contributed by atoms with E-state index in [0.29, 0.717) is 12.2 Å². The zero-order chi connectivity index (χ0) is 10.9. The summed E-state index contributed by atoms with van der Waals surface area (Å²) in [6.45, 7) is 0. The molecule has 3 nitrogen and oxygen atoms in total. The molecule has 1 saturated carbocycles. The second-order valence-corrected chi connectivity index (χ2v) is 4.82. The highest BCUT2D eigenvalue weighted by atomic mass is 32.2. The predicted octanol–water partition coefficient (Wildman–Crippen LogP) is 2.51. The van der Waals surface area contributed by atoms with Crippen LogP contribution in [0, 0.1) is 11.3 Å². The summed E-state index contributed by atoms with van der Waals surface area (Å²) in [4.78, 5) is 11.3. The van der Waals surface area contributed by atoms with Gasteiger partial charge in [-0.15, -0.1) is 0 Å². The van der Waals surface area contributed by atoms with Gasteiger partial charge in [0.15, 0.2) is 0 Å². The fourth-order valence-electron chi connectivity index (χ4n) is 1.63. The summed E-state index contributed by atoms with van der Waals surface area (Å²) in [5, 5.41) is 8.31. The lowest BCUT2D eigenvalue weighted by atomic mass is 10.3. The summed E-state index contributed by atoms with van der Waals surface area (Å²) in [7, 11) is 0. The molecule has 1 aliphatic rings. The van der Waals surface area contributed by atoms with Gasteiger partial charge in [-0.1, -0.05) is 0 Å². The number of hydrogen-bond acceptors (Lipinski definition) is 4. The molecule has 1 fully saturated rings. The van der Waals surface area contributed by atoms with Crippen molar-refractivity contribution in [1.82, 2.24) is 0 Å². The van der Waals surface area contributed by atoms with Crippen LogP contribution >= 0.6 is 11.8 Å². The molecule has 0 bridgehead atoms. The van der Waals surface area contributed by atoms with Crippen LogP contribution in [0.4, 0.5) is 0 Å². The number of nitriles is 1. The third-order valence-electron chi connectivity index (χ3n) is 2.40. The summed E-state index contributed by atoms with van der Waals surface area (Å²) in [5.74, 6) is 1.21. The van der Waals surface area contributed by atoms with E-state index in [1.807, 2.05) is 0 Å². The zero-order valence-corrected chi connectivity index (χ0v) is 9.72. The van der Waals surface area contributed by atoms with Crippen molar-refractivity contribution in [3.05, 3.63) is 0 Å². The van der Waals surface area contributed by atoms with Crippen LogP contribution in [0.3, 0.4) is 0 Å². The lowest BCUT2D eigenvalue weighted by Crippen LogP contribution is -2.16. The van der Waals surface area contributed by atoms with Crippen molar-refractivity contribution in [3.8, 4) is 6.07 Å². The van der Waals surface area contributed by atoms with Crippen LogP contribution in [0.25, 0.3) is 0 Å². The molecule has 1 aliphatic carbocycles. The Kier molecular flexibility index (Phi) is 6.26. The minimum Gasteiger partial charge on any atom is -0.462 e. The van der Waals surface area contributed by atoms with Crippen LogP contribution in [0.1, 0.15) is 38.5 Å². The molecule has 0 unspecified atom stereocenters. The van der Waals surface area contributed by atoms with Gasteiger partial charge < -0.3 is 4.74 Å². The van der Waals surface area contributed by atoms with Crippen LogP contribution in [0.15, 0.2) is 0 Å². The average molecular weight is 227 g/mol. The number of nitrogens with zero attached hydrogens (tertiary/aromatic N) is 1. The third-order valence-corrected chi connectivity index (χ3v) is 3.41. The van der Waals surface area contributed by atoms with Crippen LogP contribution in [0.2, 0.25) is 0 Å². The van der Waals surface area contributed by atoms with Gasteiger partial charge in [0, 0.05) is 6.42 Å². The Morgan fingerprint density at radius 2 is 2.20 bits per heavy atom. The van der Waals surface area contributed by atoms with E-state index in [9.17, 15) is 4.79 Å². The summed E-state index contributed by atoms with van der Waals surface area (Å²) in [6, 6.07) is 2.09. The summed E-state index contributed by atoms with van der Waals surface area (Å²) in [6.07, 6.45) is 6.05. The Bertz CT molecular complexity index is 231. The lowest BCUT2D eigenvalue weighted by Gasteiger charge is -2.10. The second-order valence-electron chi connectivity index (χ2n) is 3.71. The number of thioether (sulfide) groups is 1. The van der Waals surface area contributed by atoms with Crippen LogP contribution in [-0.2, 0) is 9.53 Å². The van der Waals surface area contributed by atoms with Gasteiger partial charge in [-0.3, -0.25) is 4.79 Å². The van der Waals surface area contributed by atoms with Crippen molar-refractivity contribution in [1.29, 1.82) is 5.26 Å². The number of esters is 1. The highest BCUT2D eigenvalue weighted by Gasteiger charge is 2.18. The lowest BCUT2D eigenvalue weighted by molar-refractivity contribution is -0.145. The van der Waals surface area contributed by atoms with Gasteiger partial charge >= 0.3 is 5.97 Å². The number of unbranched alkanes of at least 4 members (excludes halogenated alkanes) is 1. The minimum atomic E-state index is -0.0937. The molecule has 0 aromatic rings. The van der Waals surface area contributed by atoms with Gasteiger partial charge in [-0.25, -0.2) is 0 Å². The summed E-state index contributed by atoms with van der Waals surface area (Å²) in [5.41, 5.74) is 0. The van der Waals surface area contributed by atoms with Gasteiger partial charge in [0.25, 0.3) is 0 Å². The van der Waals surface area contributed by atoms with Gasteiger partial charge in [-0.05, 0) is 37.9 Å². The number of carbonyl (C=O) groups is 1. The standard InChI is InChI=1S/C11H17NO2S/c12-7-3-4-8-15-9-11(13)14-10-5-1-2-6-10/h10H,1-6,8-9H2. The summed E-state index contributed by atoms with van der Waals surface area (Å²) < 4.78 is 5.29. The maximum atomic E-state index is 11.3. The van der Waals surface area contributed by atoms with E-state index >= 15 is 0 Å². The second kappa shape index (κ2) is 7.58. The maximum absolute atomic E-state index is 11.3. The molecule has 0 aromatic carbocycles. The Hall–Kier alpha value is -0.690. The molecule has 0 N–H and O–H groups in total. The fraction of sp³-hybridized carbons (Fsp3) is 0.818. The summed E-state index contributed by atoms with van der Waals surface area (Å²) >= 11 is 1.56. The molecule has 0 heterocycles. The van der Waals surface area contributed by atoms with Crippen LogP contribution in [0.5, 0.6) is 0 Å². The first-order valence-electron chi connectivity index (χ1n) is 5.47. The number of rotatable bonds is 6. The number of ether oxygens (including phenoxy) is 1. The van der Waals surface area contributed by atoms with Gasteiger partial charge in [0.1, 0.15) is 6.10 Å². The van der Waals surface area contributed by atoms with E-state index < -0.39 is 0 Å². The van der Waals surface area contributed by atoms with Crippen molar-refractivity contribution in [2.24, 2.45) is 0 Å². The molecule has 15 heavy (non-hydrogen) atoms. The number of hydrogen-bond donors (Lipinski definition) is 0. The molecular weight excluding hydrogens is 210 g/mol. The van der Waals surface area contributed by atoms with Gasteiger partial charge in [0.05, 0.1) is 11.8 Å². The van der Waals surface area contributed by atoms with E-state index in [4.69, 9.17) is 10.00 Å². The zero-order valence-electron chi connectivity index (χ0n) is 8.91. The Morgan fingerprint density at radius 1 is 1.47 bits per heavy atom. The van der Waals surface area contributed by atoms with Crippen LogP contribution in [-0.4, -0.2) is 23.6 Å². The number of carbonyl (C=O) groups excluding carboxylic acids is 1. The van der Waals surface area contributed by atoms with E-state index in [-0.39, 0.29) is 12.1 Å². The highest BCUT2D eigenvalue weighted by Crippen LogP contribution is 2.21. The molecular formula is C11H17NO2S. The van der Waals surface area contributed by atoms with Crippen LogP contribution < -0.4 is 0 Å². The Morgan fingerprint density at radius 3 is 2.87 bits per heavy atom. The third kappa shape index (κ3) is 5.68. The molecule has 0 aromatic heterocycles. The topological polar surface area (TPSA) is 50.1 Å². The van der Waals surface area contributed by atoms with Gasteiger partial charge in [-0.2, -0.15) is 17.0 Å². The molecule has 0 spiro atoms. The largest absolute Gasteiger partial charge is 0.462 e. The Balaban J connectivity index is 1.96. The smallest absolute Gasteiger partial charge is 0.316 e. The highest BCUT2D eigenvalue weighted by molar-refractivity contribution is 7.99. The van der Waals surface area contributed by atoms with E-state index in [0.717, 1.165) is 25.0 Å². The van der Waals surface area contributed by atoms with Crippen molar-refractivity contribution in [2.45, 2.75) is 44.6 Å². The molecule has 0 saturated heterocycles. The molecule has 84 valence electrons. The van der Waals surface area contributed by atoms with Crippen molar-refractivity contribution in [3.63, 3.8) is 0 Å². The SMILES string of the molecule is N#CCCCSCC(=O)OC1CCCC1. The predicted molar refractivity (Wildman–Crippen MR) is 60.5 cm³/mol. The first kappa shape index (κ1) is 12.4.